The van der Waals surface area contributed by atoms with Crippen molar-refractivity contribution in [3.8, 4) is 0 Å². The second kappa shape index (κ2) is 43.6. The third kappa shape index (κ3) is 40.0. The van der Waals surface area contributed by atoms with Crippen molar-refractivity contribution >= 4 is 71.8 Å². The Balaban J connectivity index is 0. The molecule has 0 heterocycles. The van der Waals surface area contributed by atoms with Crippen LogP contribution in [0.4, 0.5) is 0 Å². The first-order valence-electron chi connectivity index (χ1n) is 23.2. The molecule has 0 fully saturated rings. The monoisotopic (exact) mass is 998 g/mol. The molecule has 2 unspecified atom stereocenters. The van der Waals surface area contributed by atoms with E-state index in [1.54, 1.807) is 65.1 Å². The fraction of sp³-hybridized carbons (Fsp3) is 0.826. The van der Waals surface area contributed by atoms with Gasteiger partial charge in [0.15, 0.2) is 0 Å². The van der Waals surface area contributed by atoms with Gasteiger partial charge >= 0.3 is 41.8 Å². The van der Waals surface area contributed by atoms with Gasteiger partial charge in [0.1, 0.15) is 52.9 Å². The molecule has 0 rings (SSSR count). The van der Waals surface area contributed by atoms with Crippen LogP contribution in [0.5, 0.6) is 0 Å². The summed E-state index contributed by atoms with van der Waals surface area (Å²) in [5.41, 5.74) is 0. The first kappa shape index (κ1) is 65.4. The van der Waals surface area contributed by atoms with E-state index in [-0.39, 0.29) is 126 Å². The van der Waals surface area contributed by atoms with E-state index in [0.29, 0.717) is 38.4 Å². The number of nitrogens with zero attached hydrogens (tertiary/aromatic N) is 3. The fourth-order valence-corrected chi connectivity index (χ4v) is 6.85. The third-order valence-corrected chi connectivity index (χ3v) is 11.0. The van der Waals surface area contributed by atoms with E-state index in [2.05, 4.69) is 21.5 Å². The van der Waals surface area contributed by atoms with Gasteiger partial charge in [0.25, 0.3) is 6.47 Å². The molecule has 0 amide bonds. The quantitative estimate of drug-likeness (QED) is 0.0364. The Morgan fingerprint density at radius 3 is 1.12 bits per heavy atom. The first-order chi connectivity index (χ1) is 31.9. The summed E-state index contributed by atoms with van der Waals surface area (Å²) in [5.74, 6) is -1.82. The van der Waals surface area contributed by atoms with Crippen LogP contribution in [0, 0.1) is 23.7 Å². The Morgan fingerprint density at radius 1 is 0.463 bits per heavy atom. The molecule has 0 spiro atoms. The van der Waals surface area contributed by atoms with Crippen LogP contribution in [0.2, 0.25) is 0 Å². The van der Waals surface area contributed by atoms with Crippen LogP contribution >= 0.6 is 23.5 Å². The largest absolute Gasteiger partial charge is 0.464 e. The molecule has 19 nitrogen and oxygen atoms in total. The van der Waals surface area contributed by atoms with Crippen molar-refractivity contribution in [3.05, 3.63) is 0 Å². The van der Waals surface area contributed by atoms with Gasteiger partial charge in [-0.1, -0.05) is 48.5 Å². The lowest BCUT2D eigenvalue weighted by Crippen LogP contribution is -2.34. The maximum atomic E-state index is 12.5. The minimum atomic E-state index is -0.421. The van der Waals surface area contributed by atoms with Gasteiger partial charge < -0.3 is 52.6 Å². The molecule has 0 aliphatic carbocycles. The Morgan fingerprint density at radius 2 is 0.791 bits per heavy atom. The van der Waals surface area contributed by atoms with E-state index in [1.807, 2.05) is 24.5 Å². The third-order valence-electron chi connectivity index (χ3n) is 9.33. The van der Waals surface area contributed by atoms with Crippen molar-refractivity contribution < 1.29 is 76.3 Å². The molecule has 0 radical (unpaired) electrons. The standard InChI is InChI=1S/C38H69N3O12S.C8H14O4S/c1-9-15-40(20-12-33(42)48-23-26-51-36(45)30(2)3)18-10-16-39(7)17-11-19-41(21-13-34(43)49-24-27-52-37(46)31(4)5)22-14-35(44)50-25-28-53-38(47)32(6)29-54-8;1-7(5-13-2)8(10)12-4-3-11-6-9/h30-32H,9-29H2,1-8H3;6-7H,3-5H2,1-2H3. The van der Waals surface area contributed by atoms with E-state index in [0.717, 1.165) is 51.2 Å². The Bertz CT molecular complexity index is 1380. The second-order valence-electron chi connectivity index (χ2n) is 16.3. The number of hydrogen-bond donors (Lipinski definition) is 0. The Hall–Kier alpha value is -3.66. The molecular formula is C46H83N3O16S2. The van der Waals surface area contributed by atoms with E-state index in [4.69, 9.17) is 33.2 Å². The molecule has 2 atom stereocenters. The maximum Gasteiger partial charge on any atom is 0.309 e. The maximum absolute atomic E-state index is 12.5. The average Bonchev–Trinajstić information content (AvgIpc) is 3.29. The van der Waals surface area contributed by atoms with Crippen LogP contribution in [-0.2, 0) is 76.3 Å². The van der Waals surface area contributed by atoms with E-state index in [9.17, 15) is 38.4 Å². The van der Waals surface area contributed by atoms with Crippen LogP contribution < -0.4 is 0 Å². The highest BCUT2D eigenvalue weighted by molar-refractivity contribution is 7.98. The number of thioether (sulfide) groups is 2. The number of hydrogen-bond acceptors (Lipinski definition) is 21. The van der Waals surface area contributed by atoms with Gasteiger partial charge in [0, 0.05) is 31.1 Å². The van der Waals surface area contributed by atoms with Gasteiger partial charge in [-0.05, 0) is 71.5 Å². The topological polar surface area (TPSA) is 220 Å². The molecular weight excluding hydrogens is 915 g/mol. The molecule has 0 aliphatic rings. The summed E-state index contributed by atoms with van der Waals surface area (Å²) < 4.78 is 40.2. The molecule has 390 valence electrons. The van der Waals surface area contributed by atoms with Crippen LogP contribution in [0.3, 0.4) is 0 Å². The molecule has 0 saturated carbocycles. The van der Waals surface area contributed by atoms with Crippen molar-refractivity contribution in [1.82, 2.24) is 14.7 Å². The van der Waals surface area contributed by atoms with Gasteiger partial charge in [-0.3, -0.25) is 38.4 Å². The van der Waals surface area contributed by atoms with E-state index < -0.39 is 11.9 Å². The molecule has 0 aromatic heterocycles. The molecule has 0 aliphatic heterocycles. The summed E-state index contributed by atoms with van der Waals surface area (Å²) in [4.78, 5) is 99.5. The lowest BCUT2D eigenvalue weighted by atomic mass is 10.2. The molecule has 0 saturated heterocycles. The SMILES string of the molecule is CCCN(CCCN(C)CCCN(CCC(=O)OCCOC(=O)C(C)C)CCC(=O)OCCOC(=O)C(C)CSC)CCC(=O)OCCOC(=O)C(C)C.CSCC(C)C(=O)OCCOC=O. The predicted octanol–water partition coefficient (Wildman–Crippen LogP) is 4.15. The van der Waals surface area contributed by atoms with Gasteiger partial charge in [-0.2, -0.15) is 23.5 Å². The van der Waals surface area contributed by atoms with Crippen LogP contribution in [0.1, 0.15) is 87.0 Å². The minimum absolute atomic E-state index is 0.00101. The zero-order valence-corrected chi connectivity index (χ0v) is 43.7. The van der Waals surface area contributed by atoms with Gasteiger partial charge in [0.05, 0.1) is 42.9 Å². The molecule has 0 bridgehead atoms. The minimum Gasteiger partial charge on any atom is -0.464 e. The van der Waals surface area contributed by atoms with Crippen LogP contribution in [0.25, 0.3) is 0 Å². The number of rotatable bonds is 40. The predicted molar refractivity (Wildman–Crippen MR) is 257 cm³/mol. The van der Waals surface area contributed by atoms with Crippen molar-refractivity contribution in [2.24, 2.45) is 23.7 Å². The normalized spacial score (nSPS) is 11.9. The van der Waals surface area contributed by atoms with Crippen molar-refractivity contribution in [1.29, 1.82) is 0 Å². The molecule has 0 N–H and O–H groups in total. The zero-order valence-electron chi connectivity index (χ0n) is 42.0. The molecule has 0 aromatic carbocycles. The van der Waals surface area contributed by atoms with Gasteiger partial charge in [-0.25, -0.2) is 0 Å². The zero-order chi connectivity index (χ0) is 50.8. The molecule has 21 heteroatoms. The summed E-state index contributed by atoms with van der Waals surface area (Å²) in [6.07, 6.45) is 7.01. The fourth-order valence-electron chi connectivity index (χ4n) is 5.58. The number of carbonyl (C=O) groups is 8. The summed E-state index contributed by atoms with van der Waals surface area (Å²) in [6.45, 7) is 18.6. The lowest BCUT2D eigenvalue weighted by molar-refractivity contribution is -0.154. The van der Waals surface area contributed by atoms with Gasteiger partial charge in [0.2, 0.25) is 0 Å². The highest BCUT2D eigenvalue weighted by Gasteiger charge is 2.17. The lowest BCUT2D eigenvalue weighted by Gasteiger charge is -2.25. The summed E-state index contributed by atoms with van der Waals surface area (Å²) in [7, 11) is 2.05. The number of carbonyl (C=O) groups excluding carboxylic acids is 8. The van der Waals surface area contributed by atoms with E-state index >= 15 is 0 Å². The second-order valence-corrected chi connectivity index (χ2v) is 18.1. The molecule has 67 heavy (non-hydrogen) atoms. The summed E-state index contributed by atoms with van der Waals surface area (Å²) in [6, 6.07) is 0. The van der Waals surface area contributed by atoms with Crippen LogP contribution in [-0.4, -0.2) is 199 Å². The number of esters is 7. The number of ether oxygens (including phenoxy) is 8. The van der Waals surface area contributed by atoms with Crippen LogP contribution in [0.15, 0.2) is 0 Å². The molecule has 0 aromatic rings. The highest BCUT2D eigenvalue weighted by Crippen LogP contribution is 2.08. The average molecular weight is 998 g/mol. The summed E-state index contributed by atoms with van der Waals surface area (Å²) >= 11 is 3.15. The van der Waals surface area contributed by atoms with Crippen molar-refractivity contribution in [2.45, 2.75) is 87.0 Å². The van der Waals surface area contributed by atoms with Gasteiger partial charge in [-0.15, -0.1) is 0 Å². The Kier molecular flexibility index (Phi) is 42.6. The van der Waals surface area contributed by atoms with Crippen molar-refractivity contribution in [3.63, 3.8) is 0 Å². The van der Waals surface area contributed by atoms with Crippen molar-refractivity contribution in [2.75, 3.05) is 136 Å². The van der Waals surface area contributed by atoms with E-state index in [1.165, 1.54) is 0 Å². The smallest absolute Gasteiger partial charge is 0.309 e. The first-order valence-corrected chi connectivity index (χ1v) is 26.0. The highest BCUT2D eigenvalue weighted by atomic mass is 32.2. The summed E-state index contributed by atoms with van der Waals surface area (Å²) in [5, 5.41) is 0. The Labute approximate surface area is 408 Å².